The van der Waals surface area contributed by atoms with Crippen LogP contribution in [0, 0.1) is 23.7 Å². The molecule has 3 rings (SSSR count). The highest BCUT2D eigenvalue weighted by Gasteiger charge is 2.38. The normalized spacial score (nSPS) is 20.4. The predicted molar refractivity (Wildman–Crippen MR) is 131 cm³/mol. The number of sulfonamides is 1. The van der Waals surface area contributed by atoms with Gasteiger partial charge in [0, 0.05) is 49.4 Å². The zero-order chi connectivity index (χ0) is 25.8. The van der Waals surface area contributed by atoms with Gasteiger partial charge in [-0.05, 0) is 25.1 Å². The van der Waals surface area contributed by atoms with Crippen molar-refractivity contribution in [3.8, 4) is 17.6 Å². The molecular formula is C25H32N4O5S. The number of carbonyl (C=O) groups is 1. The van der Waals surface area contributed by atoms with Crippen molar-refractivity contribution >= 4 is 15.9 Å². The monoisotopic (exact) mass is 500 g/mol. The van der Waals surface area contributed by atoms with E-state index in [1.165, 1.54) is 33.9 Å². The number of nitrogens with zero attached hydrogens (tertiary/aromatic N) is 4. The van der Waals surface area contributed by atoms with Gasteiger partial charge in [-0.1, -0.05) is 32.6 Å². The lowest BCUT2D eigenvalue weighted by Gasteiger charge is -2.37. The van der Waals surface area contributed by atoms with E-state index in [2.05, 4.69) is 21.8 Å². The van der Waals surface area contributed by atoms with Crippen molar-refractivity contribution in [1.29, 1.82) is 0 Å². The number of likely N-dealkylation sites (N-methyl/N-ethyl adjacent to an activating group) is 1. The van der Waals surface area contributed by atoms with Gasteiger partial charge >= 0.3 is 0 Å². The Hall–Kier alpha value is -3.00. The molecule has 0 radical (unpaired) electrons. The van der Waals surface area contributed by atoms with Crippen LogP contribution < -0.4 is 4.74 Å². The van der Waals surface area contributed by atoms with Gasteiger partial charge in [0.2, 0.25) is 10.0 Å². The van der Waals surface area contributed by atoms with Crippen LogP contribution >= 0.6 is 0 Å². The van der Waals surface area contributed by atoms with Crippen molar-refractivity contribution in [3.05, 3.63) is 48.0 Å². The molecule has 1 aromatic carbocycles. The molecule has 1 N–H and O–H groups in total. The summed E-state index contributed by atoms with van der Waals surface area (Å²) in [6.07, 6.45) is 3.81. The van der Waals surface area contributed by atoms with Crippen LogP contribution in [0.3, 0.4) is 0 Å². The van der Waals surface area contributed by atoms with E-state index in [9.17, 15) is 18.3 Å². The molecule has 1 amide bonds. The second kappa shape index (κ2) is 11.2. The molecule has 2 heterocycles. The van der Waals surface area contributed by atoms with Crippen molar-refractivity contribution in [3.63, 3.8) is 0 Å². The van der Waals surface area contributed by atoms with E-state index < -0.39 is 22.2 Å². The van der Waals surface area contributed by atoms with E-state index >= 15 is 0 Å². The van der Waals surface area contributed by atoms with E-state index in [4.69, 9.17) is 4.74 Å². The van der Waals surface area contributed by atoms with Gasteiger partial charge in [0.15, 0.2) is 0 Å². The molecule has 0 unspecified atom stereocenters. The molecule has 2 aromatic rings. The highest BCUT2D eigenvalue weighted by Crippen LogP contribution is 2.34. The van der Waals surface area contributed by atoms with Crippen LogP contribution in [0.5, 0.6) is 5.75 Å². The Balaban J connectivity index is 2.02. The Labute approximate surface area is 207 Å². The van der Waals surface area contributed by atoms with Gasteiger partial charge in [0.25, 0.3) is 5.91 Å². The number of aliphatic hydroxyl groups is 1. The quantitative estimate of drug-likeness (QED) is 0.625. The Morgan fingerprint density at radius 1 is 1.31 bits per heavy atom. The molecule has 0 fully saturated rings. The fourth-order valence-electron chi connectivity index (χ4n) is 3.71. The Bertz CT molecular complexity index is 1210. The molecule has 188 valence electrons. The average molecular weight is 501 g/mol. The number of fused-ring (bicyclic) bond motifs is 1. The molecule has 10 heteroatoms. The molecular weight excluding hydrogens is 468 g/mol. The number of amides is 1. The molecule has 0 spiro atoms. The summed E-state index contributed by atoms with van der Waals surface area (Å²) in [7, 11) is -2.30. The standard InChI is InChI=1S/C25H32N4O5S/c1-17(2)6-7-20-8-9-24-22(12-20)34-23(15-28(5)25(31)21-13-26-10-11-27-21)18(3)14-29(19(4)16-30)35(24,32)33/h8-13,17-19,23,30H,14-16H2,1-5H3/t18-,19+,23-/m1/s1. The van der Waals surface area contributed by atoms with Crippen LogP contribution in [0.1, 0.15) is 43.7 Å². The average Bonchev–Trinajstić information content (AvgIpc) is 2.84. The number of aromatic nitrogens is 2. The molecule has 0 saturated carbocycles. The summed E-state index contributed by atoms with van der Waals surface area (Å²) in [5, 5.41) is 9.77. The Morgan fingerprint density at radius 2 is 2.06 bits per heavy atom. The minimum atomic E-state index is -3.94. The first kappa shape index (κ1) is 26.6. The summed E-state index contributed by atoms with van der Waals surface area (Å²) in [5.41, 5.74) is 0.837. The molecule has 0 bridgehead atoms. The minimum absolute atomic E-state index is 0.00713. The van der Waals surface area contributed by atoms with Gasteiger partial charge in [0.1, 0.15) is 22.4 Å². The first-order valence-electron chi connectivity index (χ1n) is 11.5. The molecule has 9 nitrogen and oxygen atoms in total. The van der Waals surface area contributed by atoms with Crippen molar-refractivity contribution in [2.24, 2.45) is 11.8 Å². The SMILES string of the molecule is CC(C)C#Cc1ccc2c(c1)O[C@H](CN(C)C(=O)c1cnccn1)[C@H](C)CN([C@@H](C)CO)S2(=O)=O. The molecule has 0 saturated heterocycles. The van der Waals surface area contributed by atoms with E-state index in [0.717, 1.165) is 0 Å². The summed E-state index contributed by atoms with van der Waals surface area (Å²) in [6.45, 7) is 7.46. The first-order chi connectivity index (χ1) is 16.5. The van der Waals surface area contributed by atoms with Gasteiger partial charge in [-0.2, -0.15) is 4.31 Å². The number of aliphatic hydroxyl groups excluding tert-OH is 1. The second-order valence-electron chi connectivity index (χ2n) is 9.10. The third-order valence-corrected chi connectivity index (χ3v) is 7.77. The number of rotatable bonds is 5. The van der Waals surface area contributed by atoms with E-state index in [1.54, 1.807) is 26.1 Å². The Kier molecular flexibility index (Phi) is 8.48. The largest absolute Gasteiger partial charge is 0.487 e. The molecule has 1 aliphatic heterocycles. The number of benzene rings is 1. The lowest BCUT2D eigenvalue weighted by atomic mass is 10.0. The molecule has 35 heavy (non-hydrogen) atoms. The van der Waals surface area contributed by atoms with Crippen LogP contribution in [-0.4, -0.2) is 77.5 Å². The zero-order valence-corrected chi connectivity index (χ0v) is 21.5. The summed E-state index contributed by atoms with van der Waals surface area (Å²) in [6, 6.07) is 4.14. The van der Waals surface area contributed by atoms with Crippen molar-refractivity contribution in [2.75, 3.05) is 26.7 Å². The first-order valence-corrected chi connectivity index (χ1v) is 12.9. The summed E-state index contributed by atoms with van der Waals surface area (Å²) in [4.78, 5) is 22.4. The number of hydrogen-bond acceptors (Lipinski definition) is 7. The smallest absolute Gasteiger partial charge is 0.273 e. The number of ether oxygens (including phenoxy) is 1. The maximum absolute atomic E-state index is 13.5. The van der Waals surface area contributed by atoms with Gasteiger partial charge in [-0.15, -0.1) is 0 Å². The summed E-state index contributed by atoms with van der Waals surface area (Å²) in [5.74, 6) is 5.83. The predicted octanol–water partition coefficient (Wildman–Crippen LogP) is 2.02. The zero-order valence-electron chi connectivity index (χ0n) is 20.7. The summed E-state index contributed by atoms with van der Waals surface area (Å²) < 4.78 is 34.7. The van der Waals surface area contributed by atoms with Gasteiger partial charge in [-0.25, -0.2) is 13.4 Å². The third-order valence-electron chi connectivity index (χ3n) is 5.76. The minimum Gasteiger partial charge on any atom is -0.487 e. The fraction of sp³-hybridized carbons (Fsp3) is 0.480. The molecule has 3 atom stereocenters. The maximum Gasteiger partial charge on any atom is 0.273 e. The lowest BCUT2D eigenvalue weighted by Crippen LogP contribution is -2.50. The van der Waals surface area contributed by atoms with E-state index in [1.807, 2.05) is 20.8 Å². The van der Waals surface area contributed by atoms with Crippen LogP contribution in [-0.2, 0) is 10.0 Å². The van der Waals surface area contributed by atoms with Crippen LogP contribution in [0.15, 0.2) is 41.7 Å². The fourth-order valence-corrected chi connectivity index (χ4v) is 5.53. The Morgan fingerprint density at radius 3 is 2.69 bits per heavy atom. The number of carbonyl (C=O) groups excluding carboxylic acids is 1. The highest BCUT2D eigenvalue weighted by molar-refractivity contribution is 7.89. The van der Waals surface area contributed by atoms with Crippen molar-refractivity contribution in [2.45, 2.75) is 44.7 Å². The van der Waals surface area contributed by atoms with Crippen molar-refractivity contribution in [1.82, 2.24) is 19.2 Å². The van der Waals surface area contributed by atoms with E-state index in [-0.39, 0.29) is 53.8 Å². The van der Waals surface area contributed by atoms with Gasteiger partial charge in [0.05, 0.1) is 19.3 Å². The maximum atomic E-state index is 13.5. The molecule has 1 aliphatic rings. The number of hydrogen-bond donors (Lipinski definition) is 1. The third kappa shape index (κ3) is 6.17. The van der Waals surface area contributed by atoms with Crippen LogP contribution in [0.2, 0.25) is 0 Å². The topological polar surface area (TPSA) is 113 Å². The molecule has 1 aromatic heterocycles. The van der Waals surface area contributed by atoms with Gasteiger partial charge in [-0.3, -0.25) is 9.78 Å². The lowest BCUT2D eigenvalue weighted by molar-refractivity contribution is 0.0559. The van der Waals surface area contributed by atoms with Crippen molar-refractivity contribution < 1.29 is 23.1 Å². The highest BCUT2D eigenvalue weighted by atomic mass is 32.2. The molecule has 0 aliphatic carbocycles. The van der Waals surface area contributed by atoms with Crippen LogP contribution in [0.25, 0.3) is 0 Å². The van der Waals surface area contributed by atoms with Crippen LogP contribution in [0.4, 0.5) is 0 Å². The second-order valence-corrected chi connectivity index (χ2v) is 11.0. The van der Waals surface area contributed by atoms with E-state index in [0.29, 0.717) is 5.56 Å². The summed E-state index contributed by atoms with van der Waals surface area (Å²) >= 11 is 0. The van der Waals surface area contributed by atoms with Gasteiger partial charge < -0.3 is 14.7 Å².